The monoisotopic (exact) mass is 382 g/mol. The standard InChI is InChI=1S/C15H15BrN2O3S/c1-10-3-6-15(11(2)7-10)22(20,21)18-17-9-12-4-5-14(19)13(16)8-12/h3-9,18-19H,1-2H3/b17-9+. The van der Waals surface area contributed by atoms with Crippen molar-refractivity contribution in [2.45, 2.75) is 18.7 Å². The normalized spacial score (nSPS) is 11.8. The van der Waals surface area contributed by atoms with Gasteiger partial charge in [-0.25, -0.2) is 4.83 Å². The highest BCUT2D eigenvalue weighted by Gasteiger charge is 2.15. The highest BCUT2D eigenvalue weighted by molar-refractivity contribution is 9.10. The van der Waals surface area contributed by atoms with Crippen LogP contribution in [-0.2, 0) is 10.0 Å². The summed E-state index contributed by atoms with van der Waals surface area (Å²) in [7, 11) is -3.71. The summed E-state index contributed by atoms with van der Waals surface area (Å²) in [5, 5.41) is 13.2. The Morgan fingerprint density at radius 1 is 1.18 bits per heavy atom. The molecule has 0 bridgehead atoms. The molecular formula is C15H15BrN2O3S. The van der Waals surface area contributed by atoms with Crippen LogP contribution in [0.1, 0.15) is 16.7 Å². The van der Waals surface area contributed by atoms with Crippen LogP contribution in [0.15, 0.2) is 50.9 Å². The van der Waals surface area contributed by atoms with Crippen molar-refractivity contribution in [3.8, 4) is 5.75 Å². The zero-order valence-electron chi connectivity index (χ0n) is 12.0. The van der Waals surface area contributed by atoms with Gasteiger partial charge in [-0.1, -0.05) is 17.7 Å². The summed E-state index contributed by atoms with van der Waals surface area (Å²) in [6.45, 7) is 3.64. The number of hydrogen-bond donors (Lipinski definition) is 2. The Kier molecular flexibility index (Phi) is 4.87. The SMILES string of the molecule is Cc1ccc(S(=O)(=O)N/N=C/c2ccc(O)c(Br)c2)c(C)c1. The predicted octanol–water partition coefficient (Wildman–Crippen LogP) is 3.08. The molecule has 0 atom stereocenters. The van der Waals surface area contributed by atoms with Gasteiger partial charge in [0.05, 0.1) is 15.6 Å². The lowest BCUT2D eigenvalue weighted by atomic mass is 10.2. The second-order valence-electron chi connectivity index (χ2n) is 4.83. The lowest BCUT2D eigenvalue weighted by molar-refractivity contribution is 0.472. The van der Waals surface area contributed by atoms with Crippen molar-refractivity contribution < 1.29 is 13.5 Å². The average Bonchev–Trinajstić information content (AvgIpc) is 2.42. The number of aryl methyl sites for hydroxylation is 2. The van der Waals surface area contributed by atoms with E-state index in [4.69, 9.17) is 0 Å². The van der Waals surface area contributed by atoms with E-state index < -0.39 is 10.0 Å². The molecule has 0 amide bonds. The topological polar surface area (TPSA) is 78.8 Å². The summed E-state index contributed by atoms with van der Waals surface area (Å²) in [5.41, 5.74) is 2.30. The second kappa shape index (κ2) is 6.50. The summed E-state index contributed by atoms with van der Waals surface area (Å²) >= 11 is 3.18. The number of rotatable bonds is 4. The molecule has 0 radical (unpaired) electrons. The van der Waals surface area contributed by atoms with E-state index >= 15 is 0 Å². The zero-order chi connectivity index (χ0) is 16.3. The number of hydrogen-bond acceptors (Lipinski definition) is 4. The van der Waals surface area contributed by atoms with Crippen LogP contribution in [-0.4, -0.2) is 19.7 Å². The highest BCUT2D eigenvalue weighted by Crippen LogP contribution is 2.23. The molecule has 0 aliphatic rings. The Hall–Kier alpha value is -1.86. The van der Waals surface area contributed by atoms with E-state index in [-0.39, 0.29) is 10.6 Å². The Bertz CT molecular complexity index is 833. The maximum absolute atomic E-state index is 12.2. The maximum Gasteiger partial charge on any atom is 0.276 e. The summed E-state index contributed by atoms with van der Waals surface area (Å²) < 4.78 is 24.9. The van der Waals surface area contributed by atoms with E-state index in [1.54, 1.807) is 37.3 Å². The van der Waals surface area contributed by atoms with Crippen molar-refractivity contribution in [2.75, 3.05) is 0 Å². The van der Waals surface area contributed by atoms with Crippen molar-refractivity contribution >= 4 is 32.2 Å². The molecular weight excluding hydrogens is 368 g/mol. The van der Waals surface area contributed by atoms with Crippen molar-refractivity contribution in [1.29, 1.82) is 0 Å². The molecule has 0 aliphatic carbocycles. The third-order valence-electron chi connectivity index (χ3n) is 2.98. The van der Waals surface area contributed by atoms with Gasteiger partial charge in [0.15, 0.2) is 0 Å². The van der Waals surface area contributed by atoms with E-state index in [9.17, 15) is 13.5 Å². The lowest BCUT2D eigenvalue weighted by Crippen LogP contribution is -2.19. The third-order valence-corrected chi connectivity index (χ3v) is 5.00. The first kappa shape index (κ1) is 16.5. The molecule has 22 heavy (non-hydrogen) atoms. The number of phenols is 1. The van der Waals surface area contributed by atoms with Crippen molar-refractivity contribution in [2.24, 2.45) is 5.10 Å². The average molecular weight is 383 g/mol. The molecule has 0 fully saturated rings. The molecule has 0 aliphatic heterocycles. The molecule has 0 saturated carbocycles. The maximum atomic E-state index is 12.2. The van der Waals surface area contributed by atoms with Gasteiger partial charge < -0.3 is 5.11 Å². The zero-order valence-corrected chi connectivity index (χ0v) is 14.4. The fourth-order valence-corrected chi connectivity index (χ4v) is 3.34. The minimum absolute atomic E-state index is 0.105. The molecule has 7 heteroatoms. The molecule has 0 saturated heterocycles. The molecule has 5 nitrogen and oxygen atoms in total. The van der Waals surface area contributed by atoms with Crippen LogP contribution < -0.4 is 4.83 Å². The van der Waals surface area contributed by atoms with E-state index in [2.05, 4.69) is 25.9 Å². The van der Waals surface area contributed by atoms with Crippen molar-refractivity contribution in [3.05, 3.63) is 57.6 Å². The van der Waals surface area contributed by atoms with Crippen LogP contribution in [0, 0.1) is 13.8 Å². The largest absolute Gasteiger partial charge is 0.507 e. The van der Waals surface area contributed by atoms with Crippen molar-refractivity contribution in [3.63, 3.8) is 0 Å². The highest BCUT2D eigenvalue weighted by atomic mass is 79.9. The van der Waals surface area contributed by atoms with E-state index in [1.165, 1.54) is 12.3 Å². The molecule has 0 spiro atoms. The van der Waals surface area contributed by atoms with Gasteiger partial charge in [0.25, 0.3) is 10.0 Å². The number of hydrazone groups is 1. The number of nitrogens with zero attached hydrogens (tertiary/aromatic N) is 1. The summed E-state index contributed by atoms with van der Waals surface area (Å²) in [5.74, 6) is 0.105. The minimum atomic E-state index is -3.71. The van der Waals surface area contributed by atoms with Gasteiger partial charge in [0, 0.05) is 0 Å². The minimum Gasteiger partial charge on any atom is -0.507 e. The van der Waals surface area contributed by atoms with Crippen LogP contribution in [0.5, 0.6) is 5.75 Å². The second-order valence-corrected chi connectivity index (χ2v) is 7.32. The summed E-state index contributed by atoms with van der Waals surface area (Å²) in [6, 6.07) is 9.83. The fraction of sp³-hybridized carbons (Fsp3) is 0.133. The van der Waals surface area contributed by atoms with Gasteiger partial charge in [0.2, 0.25) is 0 Å². The number of nitrogens with one attached hydrogen (secondary N) is 1. The van der Waals surface area contributed by atoms with Gasteiger partial charge in [-0.05, 0) is 65.2 Å². The number of halogens is 1. The number of sulfonamides is 1. The van der Waals surface area contributed by atoms with E-state index in [0.29, 0.717) is 15.6 Å². The predicted molar refractivity (Wildman–Crippen MR) is 89.6 cm³/mol. The molecule has 116 valence electrons. The van der Waals surface area contributed by atoms with Crippen LogP contribution in [0.25, 0.3) is 0 Å². The number of aromatic hydroxyl groups is 1. The molecule has 0 aromatic heterocycles. The Balaban J connectivity index is 2.18. The van der Waals surface area contributed by atoms with Crippen LogP contribution >= 0.6 is 15.9 Å². The molecule has 2 aromatic carbocycles. The lowest BCUT2D eigenvalue weighted by Gasteiger charge is -2.07. The number of phenolic OH excluding ortho intramolecular Hbond substituents is 1. The summed E-state index contributed by atoms with van der Waals surface area (Å²) in [4.78, 5) is 2.38. The smallest absolute Gasteiger partial charge is 0.276 e. The van der Waals surface area contributed by atoms with E-state index in [1.807, 2.05) is 6.92 Å². The molecule has 2 aromatic rings. The quantitative estimate of drug-likeness (QED) is 0.629. The van der Waals surface area contributed by atoms with Crippen LogP contribution in [0.3, 0.4) is 0 Å². The fourth-order valence-electron chi connectivity index (χ4n) is 1.92. The first-order valence-corrected chi connectivity index (χ1v) is 8.68. The van der Waals surface area contributed by atoms with Crippen LogP contribution in [0.2, 0.25) is 0 Å². The van der Waals surface area contributed by atoms with E-state index in [0.717, 1.165) is 5.56 Å². The first-order chi connectivity index (χ1) is 10.3. The first-order valence-electron chi connectivity index (χ1n) is 6.40. The van der Waals surface area contributed by atoms with Crippen LogP contribution in [0.4, 0.5) is 0 Å². The Morgan fingerprint density at radius 2 is 1.91 bits per heavy atom. The number of benzene rings is 2. The van der Waals surface area contributed by atoms with Gasteiger partial charge >= 0.3 is 0 Å². The Morgan fingerprint density at radius 3 is 2.55 bits per heavy atom. The molecule has 2 N–H and O–H groups in total. The van der Waals surface area contributed by atoms with Gasteiger partial charge in [-0.15, -0.1) is 0 Å². The van der Waals surface area contributed by atoms with Gasteiger partial charge in [-0.2, -0.15) is 13.5 Å². The van der Waals surface area contributed by atoms with Gasteiger partial charge in [-0.3, -0.25) is 0 Å². The molecule has 0 heterocycles. The third kappa shape index (κ3) is 3.86. The molecule has 2 rings (SSSR count). The Labute approximate surface area is 137 Å². The molecule has 0 unspecified atom stereocenters. The van der Waals surface area contributed by atoms with Gasteiger partial charge in [0.1, 0.15) is 5.75 Å². The summed E-state index contributed by atoms with van der Waals surface area (Å²) in [6.07, 6.45) is 1.37. The van der Waals surface area contributed by atoms with Crippen molar-refractivity contribution in [1.82, 2.24) is 4.83 Å².